The van der Waals surface area contributed by atoms with Crippen LogP contribution in [-0.4, -0.2) is 31.5 Å². The highest BCUT2D eigenvalue weighted by Crippen LogP contribution is 2.50. The number of rotatable bonds is 4. The van der Waals surface area contributed by atoms with Crippen LogP contribution >= 0.6 is 0 Å². The van der Waals surface area contributed by atoms with Crippen molar-refractivity contribution < 1.29 is 9.53 Å². The Morgan fingerprint density at radius 3 is 2.88 bits per heavy atom. The van der Waals surface area contributed by atoms with Crippen LogP contribution in [0.1, 0.15) is 29.0 Å². The number of amides is 1. The van der Waals surface area contributed by atoms with Crippen molar-refractivity contribution in [3.8, 4) is 5.75 Å². The van der Waals surface area contributed by atoms with Gasteiger partial charge in [0.15, 0.2) is 0 Å². The molecule has 4 nitrogen and oxygen atoms in total. The molecule has 1 aliphatic carbocycles. The Balaban J connectivity index is 1.48. The number of para-hydroxylation sites is 1. The molecule has 1 N–H and O–H groups in total. The van der Waals surface area contributed by atoms with Gasteiger partial charge in [-0.1, -0.05) is 30.3 Å². The molecule has 1 saturated carbocycles. The molecule has 4 heteroatoms. The molecule has 0 unspecified atom stereocenters. The van der Waals surface area contributed by atoms with Gasteiger partial charge < -0.3 is 15.0 Å². The molecule has 1 amide bonds. The molecule has 0 saturated heterocycles. The number of hydrogen-bond donors (Lipinski definition) is 1. The maximum Gasteiger partial charge on any atom is 0.228 e. The van der Waals surface area contributed by atoms with Crippen LogP contribution in [0, 0.1) is 5.92 Å². The molecule has 1 fully saturated rings. The Kier molecular flexibility index (Phi) is 4.22. The van der Waals surface area contributed by atoms with Crippen molar-refractivity contribution in [1.29, 1.82) is 0 Å². The fourth-order valence-corrected chi connectivity index (χ4v) is 3.89. The summed E-state index contributed by atoms with van der Waals surface area (Å²) in [5.74, 6) is 1.31. The Morgan fingerprint density at radius 1 is 1.20 bits per heavy atom. The maximum absolute atomic E-state index is 12.7. The van der Waals surface area contributed by atoms with Crippen molar-refractivity contribution >= 4 is 11.6 Å². The predicted molar refractivity (Wildman–Crippen MR) is 99.0 cm³/mol. The number of fused-ring (bicyclic) bond motifs is 1. The Hall–Kier alpha value is -2.33. The Morgan fingerprint density at radius 2 is 2.04 bits per heavy atom. The van der Waals surface area contributed by atoms with Crippen LogP contribution < -0.4 is 10.1 Å². The van der Waals surface area contributed by atoms with E-state index >= 15 is 0 Å². The standard InChI is InChI=1S/C21H24N2O2/c1-23-11-10-15-14(13-23)6-5-8-19(15)22-21(24)18-12-17(18)16-7-3-4-9-20(16)25-2/h3-9,17-18H,10-13H2,1-2H3,(H,22,24)/t17-,18+/m0/s1. The van der Waals surface area contributed by atoms with Crippen molar-refractivity contribution in [3.05, 3.63) is 59.2 Å². The van der Waals surface area contributed by atoms with Gasteiger partial charge >= 0.3 is 0 Å². The number of nitrogens with one attached hydrogen (secondary N) is 1. The zero-order valence-corrected chi connectivity index (χ0v) is 14.8. The Labute approximate surface area is 148 Å². The fraction of sp³-hybridized carbons (Fsp3) is 0.381. The quantitative estimate of drug-likeness (QED) is 0.930. The minimum atomic E-state index is 0.0402. The van der Waals surface area contributed by atoms with Crippen LogP contribution in [0.4, 0.5) is 5.69 Å². The number of benzene rings is 2. The van der Waals surface area contributed by atoms with E-state index in [0.29, 0.717) is 0 Å². The number of hydrogen-bond acceptors (Lipinski definition) is 3. The van der Waals surface area contributed by atoms with Crippen LogP contribution in [0.2, 0.25) is 0 Å². The summed E-state index contributed by atoms with van der Waals surface area (Å²) in [5, 5.41) is 3.19. The van der Waals surface area contributed by atoms with Crippen molar-refractivity contribution in [3.63, 3.8) is 0 Å². The molecule has 2 aromatic carbocycles. The van der Waals surface area contributed by atoms with E-state index < -0.39 is 0 Å². The van der Waals surface area contributed by atoms with E-state index in [4.69, 9.17) is 4.74 Å². The summed E-state index contributed by atoms with van der Waals surface area (Å²) < 4.78 is 5.44. The van der Waals surface area contributed by atoms with E-state index in [1.165, 1.54) is 11.1 Å². The zero-order valence-electron chi connectivity index (χ0n) is 14.8. The van der Waals surface area contributed by atoms with Crippen LogP contribution in [0.5, 0.6) is 5.75 Å². The second-order valence-corrected chi connectivity index (χ2v) is 7.11. The molecule has 0 spiro atoms. The van der Waals surface area contributed by atoms with Crippen LogP contribution in [0.15, 0.2) is 42.5 Å². The van der Waals surface area contributed by atoms with E-state index in [2.05, 4.69) is 29.4 Å². The fourth-order valence-electron chi connectivity index (χ4n) is 3.89. The van der Waals surface area contributed by atoms with Gasteiger partial charge in [-0.15, -0.1) is 0 Å². The molecule has 0 radical (unpaired) electrons. The van der Waals surface area contributed by atoms with E-state index in [1.54, 1.807) is 7.11 Å². The van der Waals surface area contributed by atoms with Gasteiger partial charge in [-0.25, -0.2) is 0 Å². The van der Waals surface area contributed by atoms with Crippen LogP contribution in [0.25, 0.3) is 0 Å². The lowest BCUT2D eigenvalue weighted by Gasteiger charge is -2.26. The summed E-state index contributed by atoms with van der Waals surface area (Å²) in [6, 6.07) is 14.2. The highest BCUT2D eigenvalue weighted by atomic mass is 16.5. The first-order valence-corrected chi connectivity index (χ1v) is 8.90. The second kappa shape index (κ2) is 6.52. The molecule has 2 atom stereocenters. The smallest absolute Gasteiger partial charge is 0.228 e. The van der Waals surface area contributed by atoms with Crippen LogP contribution in [0.3, 0.4) is 0 Å². The highest BCUT2D eigenvalue weighted by Gasteiger charge is 2.45. The first kappa shape index (κ1) is 16.2. The largest absolute Gasteiger partial charge is 0.496 e. The molecular weight excluding hydrogens is 312 g/mol. The third-order valence-electron chi connectivity index (χ3n) is 5.38. The summed E-state index contributed by atoms with van der Waals surface area (Å²) >= 11 is 0. The maximum atomic E-state index is 12.7. The molecule has 2 aliphatic rings. The average molecular weight is 336 g/mol. The summed E-state index contributed by atoms with van der Waals surface area (Å²) in [4.78, 5) is 15.1. The topological polar surface area (TPSA) is 41.6 Å². The summed E-state index contributed by atoms with van der Waals surface area (Å²) in [6.45, 7) is 1.99. The summed E-state index contributed by atoms with van der Waals surface area (Å²) in [5.41, 5.74) is 4.75. The van der Waals surface area contributed by atoms with Crippen molar-refractivity contribution in [2.75, 3.05) is 26.0 Å². The third-order valence-corrected chi connectivity index (χ3v) is 5.38. The number of likely N-dealkylation sites (N-methyl/N-ethyl adjacent to an activating group) is 1. The SMILES string of the molecule is COc1ccccc1[C@@H]1C[C@H]1C(=O)Nc1cccc2c1CCN(C)C2. The normalized spacial score (nSPS) is 22.2. The molecule has 1 aliphatic heterocycles. The summed E-state index contributed by atoms with van der Waals surface area (Å²) in [6.07, 6.45) is 1.88. The van der Waals surface area contributed by atoms with Gasteiger partial charge in [-0.3, -0.25) is 4.79 Å². The average Bonchev–Trinajstić information content (AvgIpc) is 3.42. The molecular formula is C21H24N2O2. The molecule has 130 valence electrons. The number of carbonyl (C=O) groups is 1. The van der Waals surface area contributed by atoms with Crippen molar-refractivity contribution in [2.24, 2.45) is 5.92 Å². The van der Waals surface area contributed by atoms with Gasteiger partial charge in [0.25, 0.3) is 0 Å². The van der Waals surface area contributed by atoms with E-state index in [-0.39, 0.29) is 17.7 Å². The minimum absolute atomic E-state index is 0.0402. The van der Waals surface area contributed by atoms with Gasteiger partial charge in [-0.2, -0.15) is 0 Å². The lowest BCUT2D eigenvalue weighted by molar-refractivity contribution is -0.117. The first-order valence-electron chi connectivity index (χ1n) is 8.90. The van der Waals surface area contributed by atoms with Crippen molar-refractivity contribution in [2.45, 2.75) is 25.3 Å². The van der Waals surface area contributed by atoms with Crippen molar-refractivity contribution in [1.82, 2.24) is 4.90 Å². The monoisotopic (exact) mass is 336 g/mol. The summed E-state index contributed by atoms with van der Waals surface area (Å²) in [7, 11) is 3.82. The molecule has 4 rings (SSSR count). The molecule has 1 heterocycles. The van der Waals surface area contributed by atoms with E-state index in [9.17, 15) is 4.79 Å². The third kappa shape index (κ3) is 3.14. The number of carbonyl (C=O) groups excluding carboxylic acids is 1. The van der Waals surface area contributed by atoms with Gasteiger partial charge in [0.2, 0.25) is 5.91 Å². The molecule has 25 heavy (non-hydrogen) atoms. The minimum Gasteiger partial charge on any atom is -0.496 e. The number of nitrogens with zero attached hydrogens (tertiary/aromatic N) is 1. The molecule has 2 aromatic rings. The molecule has 0 aromatic heterocycles. The number of anilines is 1. The van der Waals surface area contributed by atoms with Crippen LogP contribution in [-0.2, 0) is 17.8 Å². The first-order chi connectivity index (χ1) is 12.2. The lowest BCUT2D eigenvalue weighted by atomic mass is 9.98. The Bertz CT molecular complexity index is 802. The van der Waals surface area contributed by atoms with Gasteiger partial charge in [0.05, 0.1) is 7.11 Å². The second-order valence-electron chi connectivity index (χ2n) is 7.11. The zero-order chi connectivity index (χ0) is 17.4. The predicted octanol–water partition coefficient (Wildman–Crippen LogP) is 3.43. The lowest BCUT2D eigenvalue weighted by Crippen LogP contribution is -2.28. The van der Waals surface area contributed by atoms with E-state index in [1.807, 2.05) is 30.3 Å². The van der Waals surface area contributed by atoms with Gasteiger partial charge in [-0.05, 0) is 54.6 Å². The van der Waals surface area contributed by atoms with E-state index in [0.717, 1.165) is 42.9 Å². The number of ether oxygens (including phenoxy) is 1. The highest BCUT2D eigenvalue weighted by molar-refractivity contribution is 5.96. The number of methoxy groups -OCH3 is 1. The van der Waals surface area contributed by atoms with Gasteiger partial charge in [0, 0.05) is 24.7 Å². The van der Waals surface area contributed by atoms with Gasteiger partial charge in [0.1, 0.15) is 5.75 Å². The molecule has 0 bridgehead atoms.